The first kappa shape index (κ1) is 33.7. The number of aliphatic carboxylic acids is 2. The number of aromatic hydroxyl groups is 1. The lowest BCUT2D eigenvalue weighted by Gasteiger charge is -2.54. The Morgan fingerprint density at radius 1 is 1.00 bits per heavy atom. The molecule has 248 valence electrons. The van der Waals surface area contributed by atoms with E-state index in [9.17, 15) is 29.4 Å². The highest BCUT2D eigenvalue weighted by Gasteiger charge is 2.64. The highest BCUT2D eigenvalue weighted by atomic mass is 16.4. The molecule has 1 aliphatic heterocycles. The van der Waals surface area contributed by atoms with E-state index < -0.39 is 23.0 Å². The van der Waals surface area contributed by atoms with E-state index in [0.29, 0.717) is 49.1 Å². The van der Waals surface area contributed by atoms with Crippen LogP contribution in [-0.2, 0) is 25.7 Å². The first-order valence-corrected chi connectivity index (χ1v) is 16.2. The van der Waals surface area contributed by atoms with Gasteiger partial charge in [0.05, 0.1) is 12.2 Å². The van der Waals surface area contributed by atoms with Crippen molar-refractivity contribution in [1.82, 2.24) is 14.8 Å². The molecule has 0 amide bonds. The molecule has 0 aromatic carbocycles. The Balaban J connectivity index is 0.000000463. The maximum absolute atomic E-state index is 13.8. The summed E-state index contributed by atoms with van der Waals surface area (Å²) in [6.45, 7) is 8.47. The average Bonchev–Trinajstić information content (AvgIpc) is 3.30. The summed E-state index contributed by atoms with van der Waals surface area (Å²) in [5, 5.41) is 37.7. The molecule has 5 atom stereocenters. The molecule has 6 rings (SSSR count). The van der Waals surface area contributed by atoms with Crippen molar-refractivity contribution < 1.29 is 39.6 Å². The fraction of sp³-hybridized carbons (Fsp3) is 0.571. The zero-order valence-corrected chi connectivity index (χ0v) is 26.7. The molecular weight excluding hydrogens is 590 g/mol. The normalized spacial score (nSPS) is 32.7. The zero-order valence-electron chi connectivity index (χ0n) is 26.7. The van der Waals surface area contributed by atoms with Crippen LogP contribution in [0.4, 0.5) is 0 Å². The highest BCUT2D eigenvalue weighted by molar-refractivity contribution is 5.92. The Kier molecular flexibility index (Phi) is 9.68. The molecule has 4 N–H and O–H groups in total. The maximum Gasteiger partial charge on any atom is 0.328 e. The Hall–Kier alpha value is -3.67. The Morgan fingerprint density at radius 3 is 2.33 bits per heavy atom. The number of hydrogen-bond acceptors (Lipinski definition) is 9. The molecule has 11 heteroatoms. The van der Waals surface area contributed by atoms with Gasteiger partial charge in [-0.25, -0.2) is 9.59 Å². The second-order valence-corrected chi connectivity index (χ2v) is 13.9. The van der Waals surface area contributed by atoms with Crippen LogP contribution in [0.25, 0.3) is 0 Å². The lowest BCUT2D eigenvalue weighted by Crippen LogP contribution is -2.58. The van der Waals surface area contributed by atoms with Crippen LogP contribution in [0.15, 0.2) is 53.8 Å². The van der Waals surface area contributed by atoms with Crippen molar-refractivity contribution in [1.29, 1.82) is 0 Å². The van der Waals surface area contributed by atoms with Crippen molar-refractivity contribution in [2.24, 2.45) is 22.7 Å². The van der Waals surface area contributed by atoms with E-state index in [1.807, 2.05) is 6.08 Å². The Labute approximate surface area is 269 Å². The van der Waals surface area contributed by atoms with Crippen LogP contribution in [0, 0.1) is 22.7 Å². The summed E-state index contributed by atoms with van der Waals surface area (Å²) in [5.74, 6) is -1.38. The van der Waals surface area contributed by atoms with Crippen LogP contribution in [0.2, 0.25) is 0 Å². The number of carboxylic acid groups (broad SMARTS) is 2. The van der Waals surface area contributed by atoms with Gasteiger partial charge in [-0.1, -0.05) is 31.1 Å². The number of rotatable bonds is 7. The molecule has 0 bridgehead atoms. The van der Waals surface area contributed by atoms with Gasteiger partial charge in [0.25, 0.3) is 0 Å². The summed E-state index contributed by atoms with van der Waals surface area (Å²) in [6, 6.07) is 3.39. The third kappa shape index (κ3) is 6.45. The van der Waals surface area contributed by atoms with Crippen molar-refractivity contribution in [2.45, 2.75) is 70.9 Å². The zero-order chi connectivity index (χ0) is 33.3. The maximum atomic E-state index is 13.8. The third-order valence-corrected chi connectivity index (χ3v) is 11.4. The largest absolute Gasteiger partial charge is 0.506 e. The van der Waals surface area contributed by atoms with E-state index in [2.05, 4.69) is 34.7 Å². The van der Waals surface area contributed by atoms with Crippen LogP contribution >= 0.6 is 0 Å². The van der Waals surface area contributed by atoms with Gasteiger partial charge >= 0.3 is 11.9 Å². The molecule has 2 heterocycles. The van der Waals surface area contributed by atoms with Gasteiger partial charge in [0.1, 0.15) is 11.4 Å². The van der Waals surface area contributed by atoms with Gasteiger partial charge in [0, 0.05) is 68.3 Å². The van der Waals surface area contributed by atoms with E-state index in [-0.39, 0.29) is 29.3 Å². The van der Waals surface area contributed by atoms with Crippen LogP contribution in [0.1, 0.15) is 64.5 Å². The third-order valence-electron chi connectivity index (χ3n) is 11.4. The smallest absolute Gasteiger partial charge is 0.328 e. The molecule has 11 nitrogen and oxygen atoms in total. The van der Waals surface area contributed by atoms with Crippen LogP contribution in [0.3, 0.4) is 0 Å². The number of piperazine rings is 1. The number of Topliss-reactive ketones (excluding diaryl/α,β-unsaturated/α-hetero) is 1. The molecule has 1 saturated heterocycles. The van der Waals surface area contributed by atoms with Gasteiger partial charge in [-0.2, -0.15) is 0 Å². The number of carbonyl (C=O) groups is 4. The summed E-state index contributed by atoms with van der Waals surface area (Å²) < 4.78 is 0. The van der Waals surface area contributed by atoms with Gasteiger partial charge in [-0.3, -0.25) is 24.4 Å². The summed E-state index contributed by atoms with van der Waals surface area (Å²) >= 11 is 0. The number of allylic oxidation sites excluding steroid dienone is 4. The van der Waals surface area contributed by atoms with Gasteiger partial charge in [-0.05, 0) is 68.6 Å². The average molecular weight is 636 g/mol. The van der Waals surface area contributed by atoms with Gasteiger partial charge in [0.15, 0.2) is 11.6 Å². The second kappa shape index (κ2) is 13.2. The SMILES string of the molecule is C[C@]12CCC(=O)C=C1CCC1C2=CC[C@@]2(C)C1CC[C@]2(O)C(=O)CN1CCN(Cc2ncccc2O)CC1.O=C(O)/C=C/C(=O)O. The van der Waals surface area contributed by atoms with Crippen molar-refractivity contribution >= 4 is 23.5 Å². The Morgan fingerprint density at radius 2 is 1.67 bits per heavy atom. The molecule has 2 unspecified atom stereocenters. The van der Waals surface area contributed by atoms with Crippen molar-refractivity contribution in [3.05, 3.63) is 59.5 Å². The monoisotopic (exact) mass is 635 g/mol. The van der Waals surface area contributed by atoms with Crippen LogP contribution in [-0.4, -0.2) is 97.0 Å². The molecule has 1 aromatic heterocycles. The van der Waals surface area contributed by atoms with E-state index >= 15 is 0 Å². The standard InChI is InChI=1S/C31H41N3O4.C4H4O4/c1-29-10-7-22(35)18-21(29)5-6-23-24(29)8-11-30(2)25(23)9-12-31(30,38)28(37)20-34-16-14-33(15-17-34)19-26-27(36)4-3-13-32-26;5-3(6)1-2-4(7)8/h3-4,8,13,18,23,25,36,38H,5-7,9-12,14-17,19-20H2,1-2H3;1-2H,(H,5,6)(H,7,8)/b;2-1+/t23?,25?,29-,30-,31-;/m0./s1. The fourth-order valence-corrected chi connectivity index (χ4v) is 8.67. The number of nitrogens with zero attached hydrogens (tertiary/aromatic N) is 3. The number of aliphatic hydroxyl groups is 1. The van der Waals surface area contributed by atoms with Crippen molar-refractivity contribution in [3.8, 4) is 5.75 Å². The minimum Gasteiger partial charge on any atom is -0.506 e. The minimum absolute atomic E-state index is 0.0268. The molecule has 4 aliphatic carbocycles. The van der Waals surface area contributed by atoms with Crippen LogP contribution < -0.4 is 0 Å². The molecule has 0 spiro atoms. The quantitative estimate of drug-likeness (QED) is 0.256. The lowest BCUT2D eigenvalue weighted by molar-refractivity contribution is -0.154. The molecule has 2 saturated carbocycles. The predicted molar refractivity (Wildman–Crippen MR) is 169 cm³/mol. The number of carbonyl (C=O) groups excluding carboxylic acids is 2. The van der Waals surface area contributed by atoms with Crippen molar-refractivity contribution in [2.75, 3.05) is 32.7 Å². The van der Waals surface area contributed by atoms with Crippen molar-refractivity contribution in [3.63, 3.8) is 0 Å². The van der Waals surface area contributed by atoms with Crippen LogP contribution in [0.5, 0.6) is 5.75 Å². The number of aromatic nitrogens is 1. The number of pyridine rings is 1. The minimum atomic E-state index is -1.30. The van der Waals surface area contributed by atoms with Gasteiger partial charge in [-0.15, -0.1) is 0 Å². The number of fused-ring (bicyclic) bond motifs is 5. The first-order valence-electron chi connectivity index (χ1n) is 16.2. The molecule has 0 radical (unpaired) electrons. The molecule has 3 fully saturated rings. The first-order chi connectivity index (χ1) is 21.8. The van der Waals surface area contributed by atoms with E-state index in [4.69, 9.17) is 10.2 Å². The summed E-state index contributed by atoms with van der Waals surface area (Å²) in [5.41, 5.74) is 1.67. The summed E-state index contributed by atoms with van der Waals surface area (Å²) in [7, 11) is 0. The lowest BCUT2D eigenvalue weighted by atomic mass is 9.50. The summed E-state index contributed by atoms with van der Waals surface area (Å²) in [6.07, 6.45) is 12.7. The van der Waals surface area contributed by atoms with E-state index in [0.717, 1.165) is 58.3 Å². The number of carboxylic acids is 2. The molecule has 1 aromatic rings. The van der Waals surface area contributed by atoms with E-state index in [1.165, 1.54) is 11.1 Å². The highest BCUT2D eigenvalue weighted by Crippen LogP contribution is 2.65. The predicted octanol–water partition coefficient (Wildman–Crippen LogP) is 3.37. The molecule has 5 aliphatic rings. The molecular formula is C35H45N3O8. The van der Waals surface area contributed by atoms with E-state index in [1.54, 1.807) is 18.3 Å². The number of ketones is 2. The fourth-order valence-electron chi connectivity index (χ4n) is 8.67. The second-order valence-electron chi connectivity index (χ2n) is 13.9. The van der Waals surface area contributed by atoms with Gasteiger partial charge < -0.3 is 20.4 Å². The summed E-state index contributed by atoms with van der Waals surface area (Å²) in [4.78, 5) is 53.7. The molecule has 46 heavy (non-hydrogen) atoms. The topological polar surface area (TPSA) is 169 Å². The Bertz CT molecular complexity index is 1460. The number of hydrogen-bond donors (Lipinski definition) is 4. The van der Waals surface area contributed by atoms with Gasteiger partial charge in [0.2, 0.25) is 0 Å².